The first-order chi connectivity index (χ1) is 5.15. The highest BCUT2D eigenvalue weighted by Gasteiger charge is 2.37. The molecular formula is C7H14O4. The number of hydrogen-bond acceptors (Lipinski definition) is 4. The van der Waals surface area contributed by atoms with Crippen molar-refractivity contribution in [2.24, 2.45) is 0 Å². The van der Waals surface area contributed by atoms with Gasteiger partial charge in [-0.3, -0.25) is 0 Å². The second-order valence-electron chi connectivity index (χ2n) is 2.81. The Labute approximate surface area is 65.7 Å². The van der Waals surface area contributed by atoms with Crippen LogP contribution in [0.5, 0.6) is 0 Å². The summed E-state index contributed by atoms with van der Waals surface area (Å²) in [5.41, 5.74) is 0. The van der Waals surface area contributed by atoms with Crippen LogP contribution in [-0.4, -0.2) is 41.9 Å². The maximum absolute atomic E-state index is 9.16. The molecule has 4 heteroatoms. The molecule has 0 radical (unpaired) electrons. The number of ether oxygens (including phenoxy) is 2. The van der Waals surface area contributed by atoms with Crippen LogP contribution < -0.4 is 0 Å². The van der Waals surface area contributed by atoms with E-state index in [4.69, 9.17) is 19.7 Å². The molecule has 0 unspecified atom stereocenters. The first kappa shape index (κ1) is 8.93. The van der Waals surface area contributed by atoms with Crippen LogP contribution in [0.25, 0.3) is 0 Å². The lowest BCUT2D eigenvalue weighted by Crippen LogP contribution is -2.33. The monoisotopic (exact) mass is 162 g/mol. The van der Waals surface area contributed by atoms with Gasteiger partial charge in [-0.2, -0.15) is 0 Å². The van der Waals surface area contributed by atoms with Crippen molar-refractivity contribution >= 4 is 0 Å². The van der Waals surface area contributed by atoms with E-state index in [1.54, 1.807) is 14.0 Å². The van der Waals surface area contributed by atoms with Crippen LogP contribution in [0.1, 0.15) is 13.3 Å². The van der Waals surface area contributed by atoms with Crippen LogP contribution in [0, 0.1) is 0 Å². The Bertz CT molecular complexity index is 126. The minimum atomic E-state index is -0.792. The third-order valence-electron chi connectivity index (χ3n) is 1.89. The first-order valence-corrected chi connectivity index (χ1v) is 3.69. The van der Waals surface area contributed by atoms with Gasteiger partial charge in [0.1, 0.15) is 6.10 Å². The Morgan fingerprint density at radius 1 is 1.64 bits per heavy atom. The number of rotatable bonds is 2. The van der Waals surface area contributed by atoms with Gasteiger partial charge in [0.05, 0.1) is 12.2 Å². The van der Waals surface area contributed by atoms with E-state index in [1.807, 2.05) is 0 Å². The molecule has 0 aliphatic carbocycles. The molecule has 66 valence electrons. The molecule has 0 bridgehead atoms. The van der Waals surface area contributed by atoms with Gasteiger partial charge < -0.3 is 19.7 Å². The lowest BCUT2D eigenvalue weighted by molar-refractivity contribution is -0.128. The van der Waals surface area contributed by atoms with Gasteiger partial charge in [0.25, 0.3) is 0 Å². The lowest BCUT2D eigenvalue weighted by Gasteiger charge is -2.18. The van der Waals surface area contributed by atoms with Crippen molar-refractivity contribution in [1.29, 1.82) is 0 Å². The van der Waals surface area contributed by atoms with Gasteiger partial charge in [-0.1, -0.05) is 0 Å². The summed E-state index contributed by atoms with van der Waals surface area (Å²) in [5, 5.41) is 18.2. The van der Waals surface area contributed by atoms with Crippen molar-refractivity contribution in [3.05, 3.63) is 0 Å². The summed E-state index contributed by atoms with van der Waals surface area (Å²) in [6.07, 6.45) is -1.54. The van der Waals surface area contributed by atoms with Crippen molar-refractivity contribution in [3.63, 3.8) is 0 Å². The third kappa shape index (κ3) is 1.90. The van der Waals surface area contributed by atoms with Gasteiger partial charge in [-0.15, -0.1) is 0 Å². The fourth-order valence-electron chi connectivity index (χ4n) is 1.31. The molecule has 0 saturated carbocycles. The number of aliphatic hydroxyl groups excluding tert-OH is 2. The molecule has 0 aromatic rings. The molecule has 1 fully saturated rings. The predicted octanol–water partition coefficient (Wildman–Crippen LogP) is -0.510. The molecule has 0 aromatic heterocycles. The van der Waals surface area contributed by atoms with Gasteiger partial charge in [0.15, 0.2) is 6.29 Å². The zero-order valence-corrected chi connectivity index (χ0v) is 6.73. The zero-order chi connectivity index (χ0) is 8.43. The Hall–Kier alpha value is -0.160. The largest absolute Gasteiger partial charge is 0.391 e. The fraction of sp³-hybridized carbons (Fsp3) is 1.00. The highest BCUT2D eigenvalue weighted by atomic mass is 16.6. The summed E-state index contributed by atoms with van der Waals surface area (Å²) in [4.78, 5) is 0. The maximum Gasteiger partial charge on any atom is 0.157 e. The highest BCUT2D eigenvalue weighted by molar-refractivity contribution is 4.82. The highest BCUT2D eigenvalue weighted by Crippen LogP contribution is 2.23. The molecule has 1 aliphatic rings. The molecule has 0 aromatic carbocycles. The van der Waals surface area contributed by atoms with Gasteiger partial charge >= 0.3 is 0 Å². The molecule has 0 spiro atoms. The molecule has 1 heterocycles. The van der Waals surface area contributed by atoms with E-state index in [1.165, 1.54) is 0 Å². The van der Waals surface area contributed by atoms with Gasteiger partial charge in [0, 0.05) is 13.5 Å². The molecule has 1 saturated heterocycles. The third-order valence-corrected chi connectivity index (χ3v) is 1.89. The second-order valence-corrected chi connectivity index (χ2v) is 2.81. The number of aliphatic hydroxyl groups is 2. The van der Waals surface area contributed by atoms with E-state index in [-0.39, 0.29) is 6.10 Å². The van der Waals surface area contributed by atoms with Crippen LogP contribution in [0.3, 0.4) is 0 Å². The fourth-order valence-corrected chi connectivity index (χ4v) is 1.31. The maximum atomic E-state index is 9.16. The Kier molecular flexibility index (Phi) is 2.84. The second kappa shape index (κ2) is 3.49. The summed E-state index contributed by atoms with van der Waals surface area (Å²) in [5.74, 6) is 0. The average molecular weight is 162 g/mol. The minimum Gasteiger partial charge on any atom is -0.391 e. The Morgan fingerprint density at radius 2 is 2.27 bits per heavy atom. The topological polar surface area (TPSA) is 58.9 Å². The molecule has 1 aliphatic heterocycles. The molecule has 2 N–H and O–H groups in total. The first-order valence-electron chi connectivity index (χ1n) is 3.69. The summed E-state index contributed by atoms with van der Waals surface area (Å²) in [6, 6.07) is 0. The standard InChI is InChI=1S/C7H14O4/c1-4(8)7-5(10-2)3-6(9)11-7/h4-9H,3H2,1-2H3/t4-,5-,6-,7+/m0/s1. The average Bonchev–Trinajstić information content (AvgIpc) is 2.30. The zero-order valence-electron chi connectivity index (χ0n) is 6.73. The van der Waals surface area contributed by atoms with Gasteiger partial charge in [0.2, 0.25) is 0 Å². The van der Waals surface area contributed by atoms with E-state index < -0.39 is 18.5 Å². The van der Waals surface area contributed by atoms with Crippen molar-refractivity contribution in [1.82, 2.24) is 0 Å². The van der Waals surface area contributed by atoms with E-state index in [0.717, 1.165) is 0 Å². The molecule has 4 nitrogen and oxygen atoms in total. The summed E-state index contributed by atoms with van der Waals surface area (Å²) in [6.45, 7) is 1.62. The van der Waals surface area contributed by atoms with Crippen LogP contribution >= 0.6 is 0 Å². The summed E-state index contributed by atoms with van der Waals surface area (Å²) >= 11 is 0. The van der Waals surface area contributed by atoms with E-state index in [0.29, 0.717) is 6.42 Å². The predicted molar refractivity (Wildman–Crippen MR) is 38.0 cm³/mol. The molecular weight excluding hydrogens is 148 g/mol. The van der Waals surface area contributed by atoms with Gasteiger partial charge in [-0.25, -0.2) is 0 Å². The van der Waals surface area contributed by atoms with E-state index in [9.17, 15) is 0 Å². The molecule has 0 amide bonds. The Balaban J connectivity index is 2.50. The number of hydrogen-bond donors (Lipinski definition) is 2. The van der Waals surface area contributed by atoms with Crippen LogP contribution in [-0.2, 0) is 9.47 Å². The van der Waals surface area contributed by atoms with Crippen LogP contribution in [0.2, 0.25) is 0 Å². The summed E-state index contributed by atoms with van der Waals surface area (Å²) < 4.78 is 10.0. The number of methoxy groups -OCH3 is 1. The molecule has 4 atom stereocenters. The van der Waals surface area contributed by atoms with Gasteiger partial charge in [-0.05, 0) is 6.92 Å². The Morgan fingerprint density at radius 3 is 2.64 bits per heavy atom. The van der Waals surface area contributed by atoms with E-state index >= 15 is 0 Å². The van der Waals surface area contributed by atoms with Crippen molar-refractivity contribution in [2.75, 3.05) is 7.11 Å². The van der Waals surface area contributed by atoms with Crippen molar-refractivity contribution in [3.8, 4) is 0 Å². The van der Waals surface area contributed by atoms with Crippen LogP contribution in [0.15, 0.2) is 0 Å². The van der Waals surface area contributed by atoms with E-state index in [2.05, 4.69) is 0 Å². The quantitative estimate of drug-likeness (QED) is 0.574. The normalized spacial score (nSPS) is 40.9. The summed E-state index contributed by atoms with van der Waals surface area (Å²) in [7, 11) is 1.54. The smallest absolute Gasteiger partial charge is 0.157 e. The van der Waals surface area contributed by atoms with Crippen molar-refractivity contribution < 1.29 is 19.7 Å². The van der Waals surface area contributed by atoms with Crippen molar-refractivity contribution in [2.45, 2.75) is 37.9 Å². The SMILES string of the molecule is CO[C@H]1C[C@@H](O)O[C@@H]1[C@H](C)O. The van der Waals surface area contributed by atoms with Crippen LogP contribution in [0.4, 0.5) is 0 Å². The minimum absolute atomic E-state index is 0.190. The molecule has 1 rings (SSSR count). The lowest BCUT2D eigenvalue weighted by atomic mass is 10.1. The molecule has 11 heavy (non-hydrogen) atoms.